The van der Waals surface area contributed by atoms with Crippen molar-refractivity contribution < 1.29 is 9.59 Å². The third-order valence-corrected chi connectivity index (χ3v) is 6.10. The van der Waals surface area contributed by atoms with Crippen LogP contribution in [0.2, 0.25) is 0 Å². The molecule has 36 heavy (non-hydrogen) atoms. The number of rotatable bonds is 9. The Morgan fingerprint density at radius 2 is 1.75 bits per heavy atom. The summed E-state index contributed by atoms with van der Waals surface area (Å²) in [4.78, 5) is 37.7. The first kappa shape index (κ1) is 26.6. The standard InChI is InChI=1S/C29H35N5O2/c1-8-9-21-10-11-22(24-14-25(18-30-16-24)32-29(36)34(6)7)15-26(21)20(3)28(35)19(2)23-12-13-27(31-17-23)33(4)5/h10-19H,3,8-9H2,1-2,4-7H3,(H,32,36)/t19-/m1/s1. The van der Waals surface area contributed by atoms with Gasteiger partial charge in [0.05, 0.1) is 11.9 Å². The van der Waals surface area contributed by atoms with E-state index in [9.17, 15) is 9.59 Å². The lowest BCUT2D eigenvalue weighted by Crippen LogP contribution is -2.27. The number of hydrogen-bond donors (Lipinski definition) is 1. The summed E-state index contributed by atoms with van der Waals surface area (Å²) in [6, 6.07) is 11.6. The van der Waals surface area contributed by atoms with Crippen molar-refractivity contribution in [1.29, 1.82) is 0 Å². The molecule has 2 amide bonds. The third kappa shape index (κ3) is 6.16. The van der Waals surface area contributed by atoms with Crippen molar-refractivity contribution in [3.05, 3.63) is 78.3 Å². The Morgan fingerprint density at radius 3 is 2.36 bits per heavy atom. The lowest BCUT2D eigenvalue weighted by atomic mass is 9.86. The molecule has 3 rings (SSSR count). The maximum Gasteiger partial charge on any atom is 0.321 e. The molecule has 0 aliphatic carbocycles. The number of nitrogens with one attached hydrogen (secondary N) is 1. The maximum absolute atomic E-state index is 13.5. The minimum absolute atomic E-state index is 0.0333. The van der Waals surface area contributed by atoms with Gasteiger partial charge in [0.15, 0.2) is 5.78 Å². The Balaban J connectivity index is 1.92. The van der Waals surface area contributed by atoms with Gasteiger partial charge in [0.25, 0.3) is 0 Å². The lowest BCUT2D eigenvalue weighted by molar-refractivity contribution is -0.114. The van der Waals surface area contributed by atoms with Gasteiger partial charge in [0.2, 0.25) is 0 Å². The number of pyridine rings is 2. The van der Waals surface area contributed by atoms with Gasteiger partial charge in [0.1, 0.15) is 5.82 Å². The molecule has 7 nitrogen and oxygen atoms in total. The number of carbonyl (C=O) groups is 2. The molecular weight excluding hydrogens is 450 g/mol. The predicted octanol–water partition coefficient (Wildman–Crippen LogP) is 5.64. The van der Waals surface area contributed by atoms with E-state index in [1.165, 1.54) is 4.90 Å². The van der Waals surface area contributed by atoms with Crippen LogP contribution >= 0.6 is 0 Å². The summed E-state index contributed by atoms with van der Waals surface area (Å²) >= 11 is 0. The molecule has 0 saturated heterocycles. The molecule has 0 aliphatic heterocycles. The number of carbonyl (C=O) groups excluding carboxylic acids is 2. The first-order valence-corrected chi connectivity index (χ1v) is 12.1. The van der Waals surface area contributed by atoms with Gasteiger partial charge in [-0.1, -0.05) is 45.0 Å². The van der Waals surface area contributed by atoms with Gasteiger partial charge in [-0.05, 0) is 46.9 Å². The van der Waals surface area contributed by atoms with Crippen LogP contribution in [0.25, 0.3) is 16.7 Å². The second kappa shape index (κ2) is 11.6. The van der Waals surface area contributed by atoms with Gasteiger partial charge in [-0.2, -0.15) is 0 Å². The Morgan fingerprint density at radius 1 is 1.00 bits per heavy atom. The third-order valence-electron chi connectivity index (χ3n) is 6.10. The van der Waals surface area contributed by atoms with Crippen LogP contribution in [0.4, 0.5) is 16.3 Å². The van der Waals surface area contributed by atoms with Crippen LogP contribution in [0.1, 0.15) is 42.9 Å². The fourth-order valence-electron chi connectivity index (χ4n) is 3.89. The molecule has 2 aromatic heterocycles. The largest absolute Gasteiger partial charge is 0.363 e. The number of allylic oxidation sites excluding steroid dienone is 1. The summed E-state index contributed by atoms with van der Waals surface area (Å²) in [6.07, 6.45) is 6.90. The summed E-state index contributed by atoms with van der Waals surface area (Å²) in [7, 11) is 7.23. The number of aryl methyl sites for hydroxylation is 1. The van der Waals surface area contributed by atoms with E-state index in [-0.39, 0.29) is 17.7 Å². The van der Waals surface area contributed by atoms with Crippen LogP contribution in [-0.2, 0) is 11.2 Å². The first-order chi connectivity index (χ1) is 17.1. The molecule has 1 N–H and O–H groups in total. The molecule has 0 radical (unpaired) electrons. The van der Waals surface area contributed by atoms with Crippen molar-refractivity contribution in [2.24, 2.45) is 0 Å². The Labute approximate surface area is 213 Å². The predicted molar refractivity (Wildman–Crippen MR) is 147 cm³/mol. The molecule has 0 fully saturated rings. The molecule has 188 valence electrons. The van der Waals surface area contributed by atoms with E-state index < -0.39 is 0 Å². The quantitative estimate of drug-likeness (QED) is 0.397. The van der Waals surface area contributed by atoms with Gasteiger partial charge in [-0.3, -0.25) is 9.78 Å². The van der Waals surface area contributed by atoms with Crippen LogP contribution in [0.5, 0.6) is 0 Å². The van der Waals surface area contributed by atoms with Crippen LogP contribution < -0.4 is 10.2 Å². The summed E-state index contributed by atoms with van der Waals surface area (Å²) < 4.78 is 0. The molecule has 0 bridgehead atoms. The molecule has 2 heterocycles. The van der Waals surface area contributed by atoms with Crippen molar-refractivity contribution >= 4 is 28.9 Å². The number of ketones is 1. The van der Waals surface area contributed by atoms with Crippen molar-refractivity contribution in [2.45, 2.75) is 32.6 Å². The minimum atomic E-state index is -0.370. The SMILES string of the molecule is C=C(C(=O)[C@H](C)c1ccc(N(C)C)nc1)c1cc(-c2cncc(NC(=O)N(C)C)c2)ccc1CCC. The number of nitrogens with zero attached hydrogens (tertiary/aromatic N) is 4. The highest BCUT2D eigenvalue weighted by molar-refractivity contribution is 6.23. The number of hydrogen-bond acceptors (Lipinski definition) is 5. The van der Waals surface area contributed by atoms with Crippen LogP contribution in [0, 0.1) is 0 Å². The fraction of sp³-hybridized carbons (Fsp3) is 0.310. The van der Waals surface area contributed by atoms with Crippen molar-refractivity contribution in [3.8, 4) is 11.1 Å². The number of urea groups is 1. The molecule has 7 heteroatoms. The van der Waals surface area contributed by atoms with Crippen molar-refractivity contribution in [3.63, 3.8) is 0 Å². The Hall–Kier alpha value is -4.00. The van der Waals surface area contributed by atoms with E-state index in [1.54, 1.807) is 32.7 Å². The number of Topliss-reactive ketones (excluding diaryl/α,β-unsaturated/α-hetero) is 1. The van der Waals surface area contributed by atoms with Gasteiger partial charge in [0, 0.05) is 57.6 Å². The average Bonchev–Trinajstić information content (AvgIpc) is 2.88. The van der Waals surface area contributed by atoms with Gasteiger partial charge in [-0.15, -0.1) is 0 Å². The Kier molecular flexibility index (Phi) is 8.59. The normalized spacial score (nSPS) is 11.5. The number of aromatic nitrogens is 2. The zero-order chi connectivity index (χ0) is 26.4. The second-order valence-electron chi connectivity index (χ2n) is 9.32. The van der Waals surface area contributed by atoms with Gasteiger partial charge >= 0.3 is 6.03 Å². The molecule has 3 aromatic rings. The minimum Gasteiger partial charge on any atom is -0.363 e. The zero-order valence-corrected chi connectivity index (χ0v) is 22.0. The highest BCUT2D eigenvalue weighted by Crippen LogP contribution is 2.31. The maximum atomic E-state index is 13.5. The lowest BCUT2D eigenvalue weighted by Gasteiger charge is -2.18. The number of anilines is 2. The highest BCUT2D eigenvalue weighted by Gasteiger charge is 2.22. The van der Waals surface area contributed by atoms with Crippen LogP contribution in [0.15, 0.2) is 61.6 Å². The van der Waals surface area contributed by atoms with Crippen LogP contribution in [0.3, 0.4) is 0 Å². The highest BCUT2D eigenvalue weighted by atomic mass is 16.2. The zero-order valence-electron chi connectivity index (χ0n) is 22.0. The molecule has 0 aliphatic rings. The number of amides is 2. The molecule has 0 unspecified atom stereocenters. The van der Waals surface area contributed by atoms with E-state index in [0.717, 1.165) is 46.5 Å². The van der Waals surface area contributed by atoms with Crippen LogP contribution in [-0.4, -0.2) is 54.9 Å². The molecule has 1 aromatic carbocycles. The summed E-state index contributed by atoms with van der Waals surface area (Å²) in [6.45, 7) is 8.22. The van der Waals surface area contributed by atoms with E-state index in [4.69, 9.17) is 0 Å². The van der Waals surface area contributed by atoms with Crippen molar-refractivity contribution in [1.82, 2.24) is 14.9 Å². The van der Waals surface area contributed by atoms with E-state index in [0.29, 0.717) is 11.3 Å². The Bertz CT molecular complexity index is 1250. The molecular formula is C29H35N5O2. The van der Waals surface area contributed by atoms with Gasteiger partial charge < -0.3 is 15.1 Å². The average molecular weight is 486 g/mol. The fourth-order valence-corrected chi connectivity index (χ4v) is 3.89. The molecule has 0 saturated carbocycles. The smallest absolute Gasteiger partial charge is 0.321 e. The summed E-state index contributed by atoms with van der Waals surface area (Å²) in [5, 5.41) is 2.83. The second-order valence-corrected chi connectivity index (χ2v) is 9.32. The monoisotopic (exact) mass is 485 g/mol. The van der Waals surface area contributed by atoms with Crippen molar-refractivity contribution in [2.75, 3.05) is 38.4 Å². The number of benzene rings is 1. The summed E-state index contributed by atoms with van der Waals surface area (Å²) in [5.41, 5.74) is 5.60. The topological polar surface area (TPSA) is 78.4 Å². The molecule has 1 atom stereocenters. The van der Waals surface area contributed by atoms with E-state index in [2.05, 4.69) is 34.9 Å². The first-order valence-electron chi connectivity index (χ1n) is 12.1. The van der Waals surface area contributed by atoms with Gasteiger partial charge in [-0.25, -0.2) is 9.78 Å². The van der Waals surface area contributed by atoms with E-state index >= 15 is 0 Å². The summed E-state index contributed by atoms with van der Waals surface area (Å²) in [5.74, 6) is 0.437. The molecule has 0 spiro atoms. The van der Waals surface area contributed by atoms with E-state index in [1.807, 2.05) is 56.3 Å².